The second-order valence-electron chi connectivity index (χ2n) is 4.67. The van der Waals surface area contributed by atoms with E-state index in [0.29, 0.717) is 11.8 Å². The molecule has 5 nitrogen and oxygen atoms in total. The minimum atomic E-state index is -2.66. The van der Waals surface area contributed by atoms with Crippen molar-refractivity contribution in [3.8, 4) is 0 Å². The van der Waals surface area contributed by atoms with Gasteiger partial charge in [-0.3, -0.25) is 4.57 Å². The highest BCUT2D eigenvalue weighted by Gasteiger charge is 2.25. The van der Waals surface area contributed by atoms with Crippen LogP contribution in [0.4, 0.5) is 11.4 Å². The maximum atomic E-state index is 12.2. The van der Waals surface area contributed by atoms with Crippen LogP contribution >= 0.6 is 31.8 Å². The summed E-state index contributed by atoms with van der Waals surface area (Å²) in [5.74, 6) is 1.23. The van der Waals surface area contributed by atoms with Crippen LogP contribution in [0.15, 0.2) is 58.3 Å². The van der Waals surface area contributed by atoms with Crippen LogP contribution in [0.25, 0.3) is 0 Å². The highest BCUT2D eigenvalue weighted by Crippen LogP contribution is 2.45. The minimum absolute atomic E-state index is 0.616. The summed E-state index contributed by atoms with van der Waals surface area (Å²) in [5, 5.41) is 3.27. The quantitative estimate of drug-likeness (QED) is 0.757. The van der Waals surface area contributed by atoms with Crippen LogP contribution in [-0.2, 0) is 13.8 Å². The lowest BCUT2D eigenvalue weighted by Gasteiger charge is -2.21. The van der Waals surface area contributed by atoms with Gasteiger partial charge < -0.3 is 0 Å². The summed E-state index contributed by atoms with van der Waals surface area (Å²) in [6.45, 7) is 0. The average molecular weight is 352 g/mol. The van der Waals surface area contributed by atoms with Crippen LogP contribution in [0.5, 0.6) is 0 Å². The summed E-state index contributed by atoms with van der Waals surface area (Å²) in [4.78, 5) is 2.25. The van der Waals surface area contributed by atoms with Gasteiger partial charge in [-0.15, -0.1) is 0 Å². The van der Waals surface area contributed by atoms with Crippen molar-refractivity contribution in [2.75, 3.05) is 21.9 Å². The molecule has 2 aliphatic heterocycles. The number of hydrogen-bond acceptors (Lipinski definition) is 7. The largest absolute Gasteiger partial charge is 0.361 e. The van der Waals surface area contributed by atoms with E-state index >= 15 is 0 Å². The molecule has 2 aliphatic rings. The molecule has 0 atom stereocenters. The Kier molecular flexibility index (Phi) is 4.07. The standard InChI is InChI=1S/C14H13N2O3PS2/c17-20(18-15-9-21-13-7-3-1-5-11(13)15)19-16-10-22-14-8-4-2-6-12(14)16/h1-8,20H,9-10H2. The second-order valence-corrected chi connectivity index (χ2v) is 7.51. The molecule has 0 amide bonds. The van der Waals surface area contributed by atoms with Gasteiger partial charge in [-0.25, -0.2) is 10.1 Å². The third-order valence-electron chi connectivity index (χ3n) is 3.31. The lowest BCUT2D eigenvalue weighted by atomic mass is 10.3. The molecule has 0 aliphatic carbocycles. The number of hydrogen-bond donors (Lipinski definition) is 0. The van der Waals surface area contributed by atoms with E-state index in [1.807, 2.05) is 48.5 Å². The van der Waals surface area contributed by atoms with Crippen molar-refractivity contribution in [2.24, 2.45) is 0 Å². The molecule has 2 heterocycles. The first-order valence-corrected chi connectivity index (χ1v) is 9.89. The van der Waals surface area contributed by atoms with Gasteiger partial charge >= 0.3 is 8.25 Å². The van der Waals surface area contributed by atoms with Gasteiger partial charge in [0.15, 0.2) is 0 Å². The fourth-order valence-corrected chi connectivity index (χ4v) is 5.10. The molecular weight excluding hydrogens is 339 g/mol. The zero-order valence-electron chi connectivity index (χ0n) is 11.5. The van der Waals surface area contributed by atoms with Crippen molar-refractivity contribution < 1.29 is 13.8 Å². The maximum absolute atomic E-state index is 12.2. The Morgan fingerprint density at radius 1 is 0.818 bits per heavy atom. The molecule has 114 valence electrons. The van der Waals surface area contributed by atoms with Crippen molar-refractivity contribution in [2.45, 2.75) is 9.79 Å². The maximum Gasteiger partial charge on any atom is 0.361 e. The number of para-hydroxylation sites is 2. The summed E-state index contributed by atoms with van der Waals surface area (Å²) in [6.07, 6.45) is 0. The third kappa shape index (κ3) is 2.75. The summed E-state index contributed by atoms with van der Waals surface area (Å²) in [6, 6.07) is 15.8. The van der Waals surface area contributed by atoms with Crippen LogP contribution < -0.4 is 10.1 Å². The highest BCUT2D eigenvalue weighted by molar-refractivity contribution is 8.00. The zero-order valence-corrected chi connectivity index (χ0v) is 14.1. The van der Waals surface area contributed by atoms with Crippen molar-refractivity contribution >= 4 is 43.2 Å². The van der Waals surface area contributed by atoms with Crippen LogP contribution in [0, 0.1) is 0 Å². The number of hydroxylamine groups is 2. The van der Waals surface area contributed by atoms with Gasteiger partial charge in [-0.2, -0.15) is 9.25 Å². The molecule has 4 rings (SSSR count). The number of benzene rings is 2. The number of anilines is 2. The molecule has 0 saturated carbocycles. The van der Waals surface area contributed by atoms with E-state index in [9.17, 15) is 4.57 Å². The molecule has 22 heavy (non-hydrogen) atoms. The van der Waals surface area contributed by atoms with Crippen molar-refractivity contribution in [1.29, 1.82) is 0 Å². The first-order chi connectivity index (χ1) is 10.8. The van der Waals surface area contributed by atoms with Crippen LogP contribution in [-0.4, -0.2) is 11.8 Å². The van der Waals surface area contributed by atoms with Crippen molar-refractivity contribution in [3.05, 3.63) is 48.5 Å². The fraction of sp³-hybridized carbons (Fsp3) is 0.143. The number of thioether (sulfide) groups is 2. The SMILES string of the molecule is O=[PH](ON1CSc2ccccc21)ON1CSc2ccccc21. The lowest BCUT2D eigenvalue weighted by molar-refractivity contribution is 0.209. The molecule has 0 aromatic heterocycles. The van der Waals surface area contributed by atoms with Gasteiger partial charge in [0.05, 0.1) is 23.1 Å². The van der Waals surface area contributed by atoms with E-state index in [2.05, 4.69) is 0 Å². The molecule has 0 N–H and O–H groups in total. The molecule has 0 saturated heterocycles. The summed E-state index contributed by atoms with van der Waals surface area (Å²) < 4.78 is 23.2. The fourth-order valence-electron chi connectivity index (χ4n) is 2.31. The van der Waals surface area contributed by atoms with Crippen LogP contribution in [0.2, 0.25) is 0 Å². The summed E-state index contributed by atoms with van der Waals surface area (Å²) in [7, 11) is -2.66. The van der Waals surface area contributed by atoms with Gasteiger partial charge in [0.2, 0.25) is 0 Å². The van der Waals surface area contributed by atoms with Crippen molar-refractivity contribution in [3.63, 3.8) is 0 Å². The predicted molar refractivity (Wildman–Crippen MR) is 90.5 cm³/mol. The summed E-state index contributed by atoms with van der Waals surface area (Å²) >= 11 is 3.31. The molecule has 0 radical (unpaired) electrons. The van der Waals surface area contributed by atoms with E-state index in [1.165, 1.54) is 0 Å². The third-order valence-corrected chi connectivity index (χ3v) is 6.09. The second kappa shape index (κ2) is 6.18. The molecule has 2 aromatic carbocycles. The predicted octanol–water partition coefficient (Wildman–Crippen LogP) is 4.38. The van der Waals surface area contributed by atoms with Gasteiger partial charge in [-0.1, -0.05) is 47.8 Å². The average Bonchev–Trinajstić information content (AvgIpc) is 3.13. The Labute approximate surface area is 137 Å². The molecule has 8 heteroatoms. The van der Waals surface area contributed by atoms with E-state index in [1.54, 1.807) is 33.7 Å². The highest BCUT2D eigenvalue weighted by atomic mass is 32.2. The van der Waals surface area contributed by atoms with Crippen LogP contribution in [0.1, 0.15) is 0 Å². The van der Waals surface area contributed by atoms with E-state index in [4.69, 9.17) is 9.25 Å². The number of rotatable bonds is 4. The monoisotopic (exact) mass is 352 g/mol. The normalized spacial score (nSPS) is 16.2. The van der Waals surface area contributed by atoms with Gasteiger partial charge in [0, 0.05) is 9.79 Å². The number of fused-ring (bicyclic) bond motifs is 2. The Bertz CT molecular complexity index is 671. The molecular formula is C14H13N2O3PS2. The molecule has 0 bridgehead atoms. The molecule has 0 spiro atoms. The zero-order chi connectivity index (χ0) is 14.9. The summed E-state index contributed by atoms with van der Waals surface area (Å²) in [5.41, 5.74) is 1.87. The van der Waals surface area contributed by atoms with Gasteiger partial charge in [-0.05, 0) is 24.3 Å². The van der Waals surface area contributed by atoms with Crippen molar-refractivity contribution in [1.82, 2.24) is 0 Å². The van der Waals surface area contributed by atoms with E-state index in [0.717, 1.165) is 21.2 Å². The molecule has 2 aromatic rings. The number of nitrogens with zero attached hydrogens (tertiary/aromatic N) is 2. The minimum Gasteiger partial charge on any atom is -0.259 e. The van der Waals surface area contributed by atoms with E-state index < -0.39 is 8.25 Å². The van der Waals surface area contributed by atoms with Gasteiger partial charge in [0.1, 0.15) is 0 Å². The Morgan fingerprint density at radius 3 is 1.77 bits per heavy atom. The lowest BCUT2D eigenvalue weighted by Crippen LogP contribution is -2.20. The smallest absolute Gasteiger partial charge is 0.259 e. The van der Waals surface area contributed by atoms with E-state index in [-0.39, 0.29) is 0 Å². The Hall–Kier alpha value is -1.11. The Morgan fingerprint density at radius 2 is 1.27 bits per heavy atom. The van der Waals surface area contributed by atoms with Gasteiger partial charge in [0.25, 0.3) is 0 Å². The first-order valence-electron chi connectivity index (χ1n) is 6.70. The topological polar surface area (TPSA) is 42.0 Å². The molecule has 0 unspecified atom stereocenters. The first kappa shape index (κ1) is 14.5. The Balaban J connectivity index is 1.42. The van der Waals surface area contributed by atoms with Crippen LogP contribution in [0.3, 0.4) is 0 Å². The molecule has 0 fully saturated rings.